The highest BCUT2D eigenvalue weighted by Gasteiger charge is 2.26. The van der Waals surface area contributed by atoms with E-state index in [1.54, 1.807) is 23.0 Å². The van der Waals surface area contributed by atoms with E-state index in [0.717, 1.165) is 18.4 Å². The van der Waals surface area contributed by atoms with Gasteiger partial charge in [-0.2, -0.15) is 13.2 Å². The molecule has 0 fully saturated rings. The predicted molar refractivity (Wildman–Crippen MR) is 56.9 cm³/mol. The second-order valence-electron chi connectivity index (χ2n) is 3.94. The molecule has 1 atom stereocenters. The van der Waals surface area contributed by atoms with E-state index in [9.17, 15) is 13.2 Å². The third-order valence-electron chi connectivity index (χ3n) is 2.45. The first kappa shape index (κ1) is 13.1. The molecule has 1 aromatic heterocycles. The molecule has 0 spiro atoms. The minimum absolute atomic E-state index is 0.0393. The predicted octanol–water partition coefficient (Wildman–Crippen LogP) is 3.24. The summed E-state index contributed by atoms with van der Waals surface area (Å²) in [6, 6.07) is 1.72. The van der Waals surface area contributed by atoms with Crippen LogP contribution >= 0.6 is 0 Å². The van der Waals surface area contributed by atoms with Gasteiger partial charge in [-0.3, -0.25) is 0 Å². The van der Waals surface area contributed by atoms with Crippen molar-refractivity contribution in [3.63, 3.8) is 0 Å². The van der Waals surface area contributed by atoms with Gasteiger partial charge in [0.2, 0.25) is 0 Å². The summed E-state index contributed by atoms with van der Waals surface area (Å²) in [5.74, 6) is 0. The quantitative estimate of drug-likeness (QED) is 0.833. The molecular weight excluding hydrogens is 217 g/mol. The minimum atomic E-state index is -4.10. The summed E-state index contributed by atoms with van der Waals surface area (Å²) in [5, 5.41) is 0. The van der Waals surface area contributed by atoms with Crippen molar-refractivity contribution in [3.05, 3.63) is 24.0 Å². The summed E-state index contributed by atoms with van der Waals surface area (Å²) in [7, 11) is 0. The maximum atomic E-state index is 12.0. The summed E-state index contributed by atoms with van der Waals surface area (Å²) in [5.41, 5.74) is 6.77. The fourth-order valence-electron chi connectivity index (χ4n) is 1.55. The van der Waals surface area contributed by atoms with Crippen LogP contribution in [0.15, 0.2) is 18.5 Å². The first-order chi connectivity index (χ1) is 7.42. The van der Waals surface area contributed by atoms with Crippen molar-refractivity contribution in [2.24, 2.45) is 5.73 Å². The smallest absolute Gasteiger partial charge is 0.354 e. The molecule has 1 heterocycles. The van der Waals surface area contributed by atoms with Crippen molar-refractivity contribution < 1.29 is 13.2 Å². The zero-order valence-electron chi connectivity index (χ0n) is 9.30. The first-order valence-corrected chi connectivity index (χ1v) is 5.40. The van der Waals surface area contributed by atoms with Gasteiger partial charge in [0, 0.05) is 25.0 Å². The number of alkyl halides is 3. The Hall–Kier alpha value is -0.970. The number of halogens is 3. The molecule has 0 saturated carbocycles. The zero-order chi connectivity index (χ0) is 12.2. The number of nitrogens with zero attached hydrogens (tertiary/aromatic N) is 1. The average molecular weight is 234 g/mol. The normalized spacial score (nSPS) is 14.1. The molecule has 0 aliphatic heterocycles. The molecule has 2 nitrogen and oxygen atoms in total. The van der Waals surface area contributed by atoms with Gasteiger partial charge >= 0.3 is 6.18 Å². The zero-order valence-corrected chi connectivity index (χ0v) is 9.30. The van der Waals surface area contributed by atoms with Crippen LogP contribution in [-0.4, -0.2) is 10.7 Å². The molecule has 1 rings (SSSR count). The molecule has 0 bridgehead atoms. The van der Waals surface area contributed by atoms with E-state index in [0.29, 0.717) is 0 Å². The van der Waals surface area contributed by atoms with Crippen LogP contribution in [0.4, 0.5) is 13.2 Å². The summed E-state index contributed by atoms with van der Waals surface area (Å²) in [4.78, 5) is 0. The van der Waals surface area contributed by atoms with Gasteiger partial charge in [-0.25, -0.2) is 0 Å². The molecule has 0 aliphatic carbocycles. The monoisotopic (exact) mass is 234 g/mol. The number of aryl methyl sites for hydroxylation is 1. The topological polar surface area (TPSA) is 30.9 Å². The maximum Gasteiger partial charge on any atom is 0.390 e. The summed E-state index contributed by atoms with van der Waals surface area (Å²) in [6.45, 7) is 1.99. The highest BCUT2D eigenvalue weighted by atomic mass is 19.4. The number of nitrogens with two attached hydrogens (primary N) is 1. The Labute approximate surface area is 93.2 Å². The SMILES string of the molecule is CCCC(N)c1ccn(CCC(F)(F)F)c1. The molecule has 0 radical (unpaired) electrons. The van der Waals surface area contributed by atoms with Gasteiger partial charge in [0.05, 0.1) is 6.42 Å². The van der Waals surface area contributed by atoms with Crippen LogP contribution in [0.25, 0.3) is 0 Å². The van der Waals surface area contributed by atoms with Crippen LogP contribution in [0.3, 0.4) is 0 Å². The molecule has 0 aliphatic rings. The van der Waals surface area contributed by atoms with E-state index in [2.05, 4.69) is 0 Å². The van der Waals surface area contributed by atoms with Crippen molar-refractivity contribution in [1.29, 1.82) is 0 Å². The standard InChI is InChI=1S/C11H17F3N2/c1-2-3-10(15)9-4-6-16(8-9)7-5-11(12,13)14/h4,6,8,10H,2-3,5,7,15H2,1H3. The minimum Gasteiger partial charge on any atom is -0.354 e. The fourth-order valence-corrected chi connectivity index (χ4v) is 1.55. The Balaban J connectivity index is 2.51. The Bertz CT molecular complexity index is 317. The van der Waals surface area contributed by atoms with Gasteiger partial charge in [0.25, 0.3) is 0 Å². The fraction of sp³-hybridized carbons (Fsp3) is 0.636. The van der Waals surface area contributed by atoms with Crippen molar-refractivity contribution in [2.45, 2.75) is 44.9 Å². The lowest BCUT2D eigenvalue weighted by Gasteiger charge is -2.08. The summed E-state index contributed by atoms with van der Waals surface area (Å²) in [6.07, 6.45) is 0.265. The van der Waals surface area contributed by atoms with Crippen molar-refractivity contribution in [1.82, 2.24) is 4.57 Å². The molecule has 5 heteroatoms. The van der Waals surface area contributed by atoms with Crippen LogP contribution in [0.5, 0.6) is 0 Å². The van der Waals surface area contributed by atoms with Gasteiger partial charge in [-0.05, 0) is 18.1 Å². The summed E-state index contributed by atoms with van der Waals surface area (Å²) < 4.78 is 37.5. The van der Waals surface area contributed by atoms with Crippen LogP contribution in [0.2, 0.25) is 0 Å². The average Bonchev–Trinajstić information content (AvgIpc) is 2.62. The Morgan fingerprint density at radius 1 is 1.44 bits per heavy atom. The Kier molecular flexibility index (Phi) is 4.41. The largest absolute Gasteiger partial charge is 0.390 e. The molecule has 0 saturated heterocycles. The molecule has 1 aromatic rings. The van der Waals surface area contributed by atoms with E-state index in [1.807, 2.05) is 6.92 Å². The number of hydrogen-bond donors (Lipinski definition) is 1. The lowest BCUT2D eigenvalue weighted by atomic mass is 10.1. The van der Waals surface area contributed by atoms with Crippen molar-refractivity contribution >= 4 is 0 Å². The van der Waals surface area contributed by atoms with Crippen molar-refractivity contribution in [2.75, 3.05) is 0 Å². The third kappa shape index (κ3) is 4.26. The highest BCUT2D eigenvalue weighted by molar-refractivity contribution is 5.14. The van der Waals surface area contributed by atoms with E-state index in [-0.39, 0.29) is 12.6 Å². The molecule has 2 N–H and O–H groups in total. The number of rotatable bonds is 5. The van der Waals surface area contributed by atoms with Gasteiger partial charge in [-0.1, -0.05) is 13.3 Å². The number of aromatic nitrogens is 1. The Morgan fingerprint density at radius 2 is 2.12 bits per heavy atom. The van der Waals surface area contributed by atoms with Gasteiger partial charge in [0.15, 0.2) is 0 Å². The maximum absolute atomic E-state index is 12.0. The van der Waals surface area contributed by atoms with Gasteiger partial charge in [-0.15, -0.1) is 0 Å². The van der Waals surface area contributed by atoms with E-state index in [4.69, 9.17) is 5.73 Å². The third-order valence-corrected chi connectivity index (χ3v) is 2.45. The van der Waals surface area contributed by atoms with Crippen LogP contribution in [-0.2, 0) is 6.54 Å². The molecule has 92 valence electrons. The van der Waals surface area contributed by atoms with E-state index in [1.165, 1.54) is 0 Å². The lowest BCUT2D eigenvalue weighted by molar-refractivity contribution is -0.136. The van der Waals surface area contributed by atoms with Crippen LogP contribution in [0.1, 0.15) is 37.8 Å². The molecule has 16 heavy (non-hydrogen) atoms. The Morgan fingerprint density at radius 3 is 2.69 bits per heavy atom. The van der Waals surface area contributed by atoms with Crippen LogP contribution in [0, 0.1) is 0 Å². The molecule has 0 amide bonds. The molecular formula is C11H17F3N2. The van der Waals surface area contributed by atoms with Gasteiger partial charge < -0.3 is 10.3 Å². The van der Waals surface area contributed by atoms with Crippen molar-refractivity contribution in [3.8, 4) is 0 Å². The number of hydrogen-bond acceptors (Lipinski definition) is 1. The summed E-state index contributed by atoms with van der Waals surface area (Å²) >= 11 is 0. The molecule has 0 aromatic carbocycles. The first-order valence-electron chi connectivity index (χ1n) is 5.40. The van der Waals surface area contributed by atoms with E-state index >= 15 is 0 Å². The lowest BCUT2D eigenvalue weighted by Crippen LogP contribution is -2.12. The second-order valence-corrected chi connectivity index (χ2v) is 3.94. The molecule has 1 unspecified atom stereocenters. The highest BCUT2D eigenvalue weighted by Crippen LogP contribution is 2.21. The second kappa shape index (κ2) is 5.39. The van der Waals surface area contributed by atoms with E-state index < -0.39 is 12.6 Å². The van der Waals surface area contributed by atoms with Gasteiger partial charge in [0.1, 0.15) is 0 Å². The van der Waals surface area contributed by atoms with Crippen LogP contribution < -0.4 is 5.73 Å².